The summed E-state index contributed by atoms with van der Waals surface area (Å²) in [5.74, 6) is -0.880. The smallest absolute Gasteiger partial charge is 0.312 e. The first-order chi connectivity index (χ1) is 9.24. The van der Waals surface area contributed by atoms with Crippen molar-refractivity contribution < 1.29 is 9.90 Å². The molecule has 1 atom stereocenters. The summed E-state index contributed by atoms with van der Waals surface area (Å²) in [5, 5.41) is 9.33. The minimum Gasteiger partial charge on any atom is -0.481 e. The number of aliphatic carboxylic acids is 1. The molecule has 3 N–H and O–H groups in total. The van der Waals surface area contributed by atoms with Crippen LogP contribution in [0.4, 0.5) is 0 Å². The number of benzene rings is 1. The van der Waals surface area contributed by atoms with Crippen molar-refractivity contribution in [2.24, 2.45) is 5.73 Å². The lowest BCUT2D eigenvalue weighted by atomic mass is 9.84. The zero-order chi connectivity index (χ0) is 13.7. The number of hydrogen-bond acceptors (Lipinski definition) is 2. The molecule has 1 unspecified atom stereocenters. The van der Waals surface area contributed by atoms with Gasteiger partial charge in [-0.1, -0.05) is 49.9 Å². The van der Waals surface area contributed by atoms with Crippen molar-refractivity contribution in [1.29, 1.82) is 0 Å². The van der Waals surface area contributed by atoms with E-state index in [1.165, 1.54) is 44.1 Å². The Bertz CT molecular complexity index is 423. The minimum atomic E-state index is -0.816. The second-order valence-corrected chi connectivity index (χ2v) is 5.44. The largest absolute Gasteiger partial charge is 0.481 e. The standard InChI is InChI=1S/C16H23NO2/c17-11-15(16(18)19)14-10-6-5-9-13(14)12-7-3-1-2-4-8-12/h5-6,9-10,12,15H,1-4,7-8,11,17H2,(H,18,19). The van der Waals surface area contributed by atoms with Gasteiger partial charge in [-0.3, -0.25) is 4.79 Å². The third-order valence-electron chi connectivity index (χ3n) is 4.20. The molecule has 0 aliphatic heterocycles. The highest BCUT2D eigenvalue weighted by Crippen LogP contribution is 2.35. The Kier molecular flexibility index (Phi) is 4.97. The van der Waals surface area contributed by atoms with E-state index in [4.69, 9.17) is 5.73 Å². The van der Waals surface area contributed by atoms with Gasteiger partial charge in [0.05, 0.1) is 5.92 Å². The number of carbonyl (C=O) groups is 1. The fourth-order valence-electron chi connectivity index (χ4n) is 3.15. The first-order valence-corrected chi connectivity index (χ1v) is 7.25. The van der Waals surface area contributed by atoms with E-state index in [9.17, 15) is 9.90 Å². The topological polar surface area (TPSA) is 63.3 Å². The van der Waals surface area contributed by atoms with Gasteiger partial charge in [0.1, 0.15) is 0 Å². The van der Waals surface area contributed by atoms with Crippen molar-refractivity contribution in [3.8, 4) is 0 Å². The predicted octanol–water partition coefficient (Wildman–Crippen LogP) is 3.25. The van der Waals surface area contributed by atoms with Crippen LogP contribution in [0, 0.1) is 0 Å². The van der Waals surface area contributed by atoms with E-state index in [1.807, 2.05) is 18.2 Å². The second-order valence-electron chi connectivity index (χ2n) is 5.44. The van der Waals surface area contributed by atoms with Gasteiger partial charge in [0, 0.05) is 6.54 Å². The zero-order valence-corrected chi connectivity index (χ0v) is 11.3. The van der Waals surface area contributed by atoms with Crippen LogP contribution in [-0.4, -0.2) is 17.6 Å². The molecule has 1 aromatic rings. The van der Waals surface area contributed by atoms with Crippen LogP contribution in [0.15, 0.2) is 24.3 Å². The fraction of sp³-hybridized carbons (Fsp3) is 0.562. The van der Waals surface area contributed by atoms with E-state index >= 15 is 0 Å². The summed E-state index contributed by atoms with van der Waals surface area (Å²) in [7, 11) is 0. The van der Waals surface area contributed by atoms with Gasteiger partial charge in [-0.25, -0.2) is 0 Å². The van der Waals surface area contributed by atoms with E-state index < -0.39 is 11.9 Å². The average Bonchev–Trinajstić information content (AvgIpc) is 2.68. The highest BCUT2D eigenvalue weighted by Gasteiger charge is 2.24. The third-order valence-corrected chi connectivity index (χ3v) is 4.20. The lowest BCUT2D eigenvalue weighted by Gasteiger charge is -2.21. The van der Waals surface area contributed by atoms with Crippen LogP contribution in [0.25, 0.3) is 0 Å². The van der Waals surface area contributed by atoms with Gasteiger partial charge < -0.3 is 10.8 Å². The minimum absolute atomic E-state index is 0.166. The van der Waals surface area contributed by atoms with Crippen LogP contribution in [0.2, 0.25) is 0 Å². The Hall–Kier alpha value is -1.35. The molecule has 0 radical (unpaired) electrons. The summed E-state index contributed by atoms with van der Waals surface area (Å²) in [5.41, 5.74) is 7.79. The van der Waals surface area contributed by atoms with E-state index in [0.29, 0.717) is 5.92 Å². The first-order valence-electron chi connectivity index (χ1n) is 7.25. The maximum absolute atomic E-state index is 11.4. The fourth-order valence-corrected chi connectivity index (χ4v) is 3.15. The first kappa shape index (κ1) is 14.1. The lowest BCUT2D eigenvalue weighted by molar-refractivity contribution is -0.138. The molecule has 0 heterocycles. The Balaban J connectivity index is 2.31. The molecule has 104 valence electrons. The Morgan fingerprint density at radius 3 is 2.42 bits per heavy atom. The summed E-state index contributed by atoms with van der Waals surface area (Å²) in [6.07, 6.45) is 7.45. The number of nitrogens with two attached hydrogens (primary N) is 1. The molecule has 2 rings (SSSR count). The molecular formula is C16H23NO2. The van der Waals surface area contributed by atoms with Crippen molar-refractivity contribution in [2.75, 3.05) is 6.54 Å². The van der Waals surface area contributed by atoms with Crippen molar-refractivity contribution in [3.63, 3.8) is 0 Å². The molecule has 1 aliphatic rings. The number of rotatable bonds is 4. The number of carboxylic acid groups (broad SMARTS) is 1. The number of hydrogen-bond donors (Lipinski definition) is 2. The average molecular weight is 261 g/mol. The van der Waals surface area contributed by atoms with Crippen LogP contribution in [0.1, 0.15) is 61.5 Å². The van der Waals surface area contributed by atoms with Crippen molar-refractivity contribution in [2.45, 2.75) is 50.4 Å². The summed E-state index contributed by atoms with van der Waals surface area (Å²) >= 11 is 0. The molecule has 19 heavy (non-hydrogen) atoms. The quantitative estimate of drug-likeness (QED) is 0.818. The molecule has 1 aromatic carbocycles. The Morgan fingerprint density at radius 2 is 1.84 bits per heavy atom. The maximum Gasteiger partial charge on any atom is 0.312 e. The maximum atomic E-state index is 11.4. The molecule has 1 saturated carbocycles. The van der Waals surface area contributed by atoms with Gasteiger partial charge in [-0.15, -0.1) is 0 Å². The third kappa shape index (κ3) is 3.35. The molecule has 3 heteroatoms. The van der Waals surface area contributed by atoms with E-state index in [0.717, 1.165) is 5.56 Å². The van der Waals surface area contributed by atoms with Crippen molar-refractivity contribution in [1.82, 2.24) is 0 Å². The Labute approximate surface area is 114 Å². The molecule has 3 nitrogen and oxygen atoms in total. The van der Waals surface area contributed by atoms with Crippen LogP contribution in [0.3, 0.4) is 0 Å². The van der Waals surface area contributed by atoms with Gasteiger partial charge >= 0.3 is 5.97 Å². The lowest BCUT2D eigenvalue weighted by Crippen LogP contribution is -2.23. The summed E-state index contributed by atoms with van der Waals surface area (Å²) in [6, 6.07) is 7.96. The van der Waals surface area contributed by atoms with Gasteiger partial charge in [-0.05, 0) is 29.9 Å². The number of carboxylic acids is 1. The molecule has 0 spiro atoms. The summed E-state index contributed by atoms with van der Waals surface area (Å²) < 4.78 is 0. The van der Waals surface area contributed by atoms with E-state index in [-0.39, 0.29) is 6.54 Å². The van der Waals surface area contributed by atoms with Crippen molar-refractivity contribution >= 4 is 5.97 Å². The molecule has 0 bridgehead atoms. The highest BCUT2D eigenvalue weighted by atomic mass is 16.4. The van der Waals surface area contributed by atoms with Gasteiger partial charge in [-0.2, -0.15) is 0 Å². The summed E-state index contributed by atoms with van der Waals surface area (Å²) in [6.45, 7) is 0.166. The molecule has 0 amide bonds. The predicted molar refractivity (Wildman–Crippen MR) is 76.3 cm³/mol. The molecule has 1 fully saturated rings. The van der Waals surface area contributed by atoms with Crippen LogP contribution >= 0.6 is 0 Å². The van der Waals surface area contributed by atoms with Gasteiger partial charge in [0.2, 0.25) is 0 Å². The van der Waals surface area contributed by atoms with Crippen LogP contribution in [-0.2, 0) is 4.79 Å². The SMILES string of the molecule is NCC(C(=O)O)c1ccccc1C1CCCCCC1. The molecule has 0 saturated heterocycles. The molecule has 0 aromatic heterocycles. The zero-order valence-electron chi connectivity index (χ0n) is 11.3. The van der Waals surface area contributed by atoms with E-state index in [1.54, 1.807) is 0 Å². The van der Waals surface area contributed by atoms with E-state index in [2.05, 4.69) is 6.07 Å². The van der Waals surface area contributed by atoms with Crippen molar-refractivity contribution in [3.05, 3.63) is 35.4 Å². The van der Waals surface area contributed by atoms with Gasteiger partial charge in [0.15, 0.2) is 0 Å². The van der Waals surface area contributed by atoms with Crippen LogP contribution in [0.5, 0.6) is 0 Å². The second kappa shape index (κ2) is 6.71. The highest BCUT2D eigenvalue weighted by molar-refractivity contribution is 5.77. The monoisotopic (exact) mass is 261 g/mol. The summed E-state index contributed by atoms with van der Waals surface area (Å²) in [4.78, 5) is 11.4. The normalized spacial score (nSPS) is 18.8. The van der Waals surface area contributed by atoms with Crippen LogP contribution < -0.4 is 5.73 Å². The molecule has 1 aliphatic carbocycles. The van der Waals surface area contributed by atoms with Gasteiger partial charge in [0.25, 0.3) is 0 Å². The Morgan fingerprint density at radius 1 is 1.21 bits per heavy atom. The molecular weight excluding hydrogens is 238 g/mol.